The van der Waals surface area contributed by atoms with Crippen molar-refractivity contribution in [2.24, 2.45) is 5.73 Å². The van der Waals surface area contributed by atoms with Gasteiger partial charge in [-0.25, -0.2) is 8.42 Å². The van der Waals surface area contributed by atoms with E-state index in [2.05, 4.69) is 20.8 Å². The predicted molar refractivity (Wildman–Crippen MR) is 67.4 cm³/mol. The van der Waals surface area contributed by atoms with Crippen LogP contribution >= 0.6 is 0 Å². The number of aliphatic hydroxyl groups is 1. The number of benzene rings is 1. The van der Waals surface area contributed by atoms with Crippen LogP contribution in [0.5, 0.6) is 0 Å². The van der Waals surface area contributed by atoms with Crippen LogP contribution < -0.4 is 5.73 Å². The monoisotopic (exact) mass is 257 g/mol. The molecule has 17 heavy (non-hydrogen) atoms. The maximum Gasteiger partial charge on any atom is 0.196 e. The SMILES string of the molecule is CC(C)(C)c1ccc(S(=O)(=O)C(N)CO)cc1. The van der Waals surface area contributed by atoms with Crippen molar-refractivity contribution in [3.8, 4) is 0 Å². The lowest BCUT2D eigenvalue weighted by molar-refractivity contribution is 0.292. The molecule has 0 fully saturated rings. The molecule has 0 bridgehead atoms. The van der Waals surface area contributed by atoms with Crippen LogP contribution in [-0.4, -0.2) is 25.5 Å². The van der Waals surface area contributed by atoms with E-state index in [9.17, 15) is 8.42 Å². The summed E-state index contributed by atoms with van der Waals surface area (Å²) in [6.07, 6.45) is 0. The van der Waals surface area contributed by atoms with Crippen molar-refractivity contribution in [1.29, 1.82) is 0 Å². The van der Waals surface area contributed by atoms with E-state index in [1.54, 1.807) is 12.1 Å². The van der Waals surface area contributed by atoms with Crippen LogP contribution in [0.1, 0.15) is 26.3 Å². The van der Waals surface area contributed by atoms with Gasteiger partial charge in [-0.3, -0.25) is 0 Å². The lowest BCUT2D eigenvalue weighted by Gasteiger charge is -2.19. The van der Waals surface area contributed by atoms with Crippen LogP contribution in [0.3, 0.4) is 0 Å². The fourth-order valence-corrected chi connectivity index (χ4v) is 2.48. The third-order valence-corrected chi connectivity index (χ3v) is 4.50. The first-order chi connectivity index (χ1) is 7.69. The van der Waals surface area contributed by atoms with Crippen molar-refractivity contribution in [3.05, 3.63) is 29.8 Å². The summed E-state index contributed by atoms with van der Waals surface area (Å²) in [6.45, 7) is 5.57. The highest BCUT2D eigenvalue weighted by molar-refractivity contribution is 7.92. The van der Waals surface area contributed by atoms with Crippen molar-refractivity contribution >= 4 is 9.84 Å². The van der Waals surface area contributed by atoms with E-state index in [0.717, 1.165) is 5.56 Å². The Bertz CT molecular complexity index is 471. The van der Waals surface area contributed by atoms with Gasteiger partial charge in [0.15, 0.2) is 9.84 Å². The molecule has 1 aromatic rings. The summed E-state index contributed by atoms with van der Waals surface area (Å²) in [6, 6.07) is 6.62. The molecule has 5 heteroatoms. The van der Waals surface area contributed by atoms with Gasteiger partial charge in [0.05, 0.1) is 11.5 Å². The average molecular weight is 257 g/mol. The predicted octanol–water partition coefficient (Wildman–Crippen LogP) is 1.03. The number of hydrogen-bond acceptors (Lipinski definition) is 4. The lowest BCUT2D eigenvalue weighted by Crippen LogP contribution is -2.34. The fraction of sp³-hybridized carbons (Fsp3) is 0.500. The highest BCUT2D eigenvalue weighted by Gasteiger charge is 2.23. The van der Waals surface area contributed by atoms with Crippen molar-refractivity contribution < 1.29 is 13.5 Å². The van der Waals surface area contributed by atoms with E-state index in [-0.39, 0.29) is 10.3 Å². The third-order valence-electron chi connectivity index (χ3n) is 2.63. The van der Waals surface area contributed by atoms with E-state index in [0.29, 0.717) is 0 Å². The van der Waals surface area contributed by atoms with Gasteiger partial charge in [0.1, 0.15) is 5.37 Å². The molecule has 0 amide bonds. The summed E-state index contributed by atoms with van der Waals surface area (Å²) < 4.78 is 23.7. The molecule has 1 unspecified atom stereocenters. The van der Waals surface area contributed by atoms with Gasteiger partial charge in [0, 0.05) is 0 Å². The number of sulfone groups is 1. The summed E-state index contributed by atoms with van der Waals surface area (Å²) in [4.78, 5) is 0.145. The molecular weight excluding hydrogens is 238 g/mol. The molecule has 1 rings (SSSR count). The maximum atomic E-state index is 11.8. The first-order valence-corrected chi connectivity index (χ1v) is 6.95. The Hall–Kier alpha value is -0.910. The van der Waals surface area contributed by atoms with E-state index < -0.39 is 21.8 Å². The zero-order chi connectivity index (χ0) is 13.3. The van der Waals surface area contributed by atoms with Gasteiger partial charge in [-0.05, 0) is 23.1 Å². The molecule has 1 atom stereocenters. The molecule has 1 aromatic carbocycles. The molecule has 0 saturated heterocycles. The minimum atomic E-state index is -3.62. The first kappa shape index (κ1) is 14.2. The highest BCUT2D eigenvalue weighted by Crippen LogP contribution is 2.24. The standard InChI is InChI=1S/C12H19NO3S/c1-12(2,3)9-4-6-10(7-5-9)17(15,16)11(13)8-14/h4-7,11,14H,8,13H2,1-3H3. The van der Waals surface area contributed by atoms with Gasteiger partial charge in [-0.1, -0.05) is 32.9 Å². The van der Waals surface area contributed by atoms with Crippen LogP contribution in [0.15, 0.2) is 29.2 Å². The number of hydrogen-bond donors (Lipinski definition) is 2. The van der Waals surface area contributed by atoms with Crippen LogP contribution in [0.2, 0.25) is 0 Å². The Morgan fingerprint density at radius 3 is 2.06 bits per heavy atom. The molecule has 0 aromatic heterocycles. The van der Waals surface area contributed by atoms with E-state index in [1.165, 1.54) is 12.1 Å². The number of aliphatic hydroxyl groups excluding tert-OH is 1. The van der Waals surface area contributed by atoms with Crippen molar-refractivity contribution in [2.45, 2.75) is 36.5 Å². The van der Waals surface area contributed by atoms with E-state index in [4.69, 9.17) is 10.8 Å². The minimum Gasteiger partial charge on any atom is -0.394 e. The summed E-state index contributed by atoms with van der Waals surface area (Å²) in [5, 5.41) is 7.55. The molecule has 0 aliphatic heterocycles. The Labute approximate surface area is 102 Å². The Balaban J connectivity index is 3.12. The second kappa shape index (κ2) is 4.76. The maximum absolute atomic E-state index is 11.8. The fourth-order valence-electron chi connectivity index (χ4n) is 1.42. The first-order valence-electron chi connectivity index (χ1n) is 5.40. The zero-order valence-electron chi connectivity index (χ0n) is 10.3. The average Bonchev–Trinajstić information content (AvgIpc) is 2.27. The normalized spacial score (nSPS) is 14.6. The van der Waals surface area contributed by atoms with Crippen molar-refractivity contribution in [1.82, 2.24) is 0 Å². The zero-order valence-corrected chi connectivity index (χ0v) is 11.2. The van der Waals surface area contributed by atoms with E-state index >= 15 is 0 Å². The summed E-state index contributed by atoms with van der Waals surface area (Å²) >= 11 is 0. The summed E-state index contributed by atoms with van der Waals surface area (Å²) in [5.41, 5.74) is 6.39. The molecule has 3 N–H and O–H groups in total. The van der Waals surface area contributed by atoms with Gasteiger partial charge in [-0.2, -0.15) is 0 Å². The number of nitrogens with two attached hydrogens (primary N) is 1. The van der Waals surface area contributed by atoms with Crippen LogP contribution in [-0.2, 0) is 15.3 Å². The van der Waals surface area contributed by atoms with Gasteiger partial charge >= 0.3 is 0 Å². The molecule has 0 radical (unpaired) electrons. The van der Waals surface area contributed by atoms with Crippen LogP contribution in [0.25, 0.3) is 0 Å². The topological polar surface area (TPSA) is 80.4 Å². The third kappa shape index (κ3) is 3.06. The minimum absolute atomic E-state index is 0.0264. The lowest BCUT2D eigenvalue weighted by atomic mass is 9.87. The van der Waals surface area contributed by atoms with Crippen molar-refractivity contribution in [2.75, 3.05) is 6.61 Å². The molecule has 0 heterocycles. The molecule has 0 spiro atoms. The van der Waals surface area contributed by atoms with E-state index in [1.807, 2.05) is 0 Å². The Kier molecular flexibility index (Phi) is 3.96. The number of rotatable bonds is 3. The molecule has 0 saturated carbocycles. The Morgan fingerprint density at radius 1 is 1.24 bits per heavy atom. The summed E-state index contributed by atoms with van der Waals surface area (Å²) in [7, 11) is -3.62. The smallest absolute Gasteiger partial charge is 0.196 e. The van der Waals surface area contributed by atoms with Gasteiger partial charge in [0.25, 0.3) is 0 Å². The second-order valence-electron chi connectivity index (χ2n) is 5.04. The van der Waals surface area contributed by atoms with Crippen LogP contribution in [0, 0.1) is 0 Å². The molecule has 4 nitrogen and oxygen atoms in total. The van der Waals surface area contributed by atoms with Crippen LogP contribution in [0.4, 0.5) is 0 Å². The van der Waals surface area contributed by atoms with Crippen molar-refractivity contribution in [3.63, 3.8) is 0 Å². The molecule has 96 valence electrons. The van der Waals surface area contributed by atoms with Gasteiger partial charge in [-0.15, -0.1) is 0 Å². The Morgan fingerprint density at radius 2 is 1.71 bits per heavy atom. The summed E-state index contributed by atoms with van der Waals surface area (Å²) in [5.74, 6) is 0. The largest absolute Gasteiger partial charge is 0.394 e. The molecular formula is C12H19NO3S. The molecule has 0 aliphatic rings. The second-order valence-corrected chi connectivity index (χ2v) is 7.21. The van der Waals surface area contributed by atoms with Gasteiger partial charge in [0.2, 0.25) is 0 Å². The quantitative estimate of drug-likeness (QED) is 0.847. The molecule has 0 aliphatic carbocycles. The van der Waals surface area contributed by atoms with Gasteiger partial charge < -0.3 is 10.8 Å². The highest BCUT2D eigenvalue weighted by atomic mass is 32.2.